The van der Waals surface area contributed by atoms with Gasteiger partial charge in [0.05, 0.1) is 6.33 Å². The molecule has 1 amide bonds. The van der Waals surface area contributed by atoms with E-state index >= 15 is 0 Å². The smallest absolute Gasteiger partial charge is 0.325 e. The van der Waals surface area contributed by atoms with Gasteiger partial charge in [-0.2, -0.15) is 0 Å². The fourth-order valence-corrected chi connectivity index (χ4v) is 4.37. The van der Waals surface area contributed by atoms with Gasteiger partial charge in [-0.25, -0.2) is 19.7 Å². The van der Waals surface area contributed by atoms with Crippen molar-refractivity contribution < 1.29 is 4.79 Å². The number of pyridine rings is 1. The second-order valence-corrected chi connectivity index (χ2v) is 8.20. The average Bonchev–Trinajstić information content (AvgIpc) is 3.41. The highest BCUT2D eigenvalue weighted by molar-refractivity contribution is 7.21. The van der Waals surface area contributed by atoms with Crippen LogP contribution < -0.4 is 16.6 Å². The van der Waals surface area contributed by atoms with Crippen LogP contribution in [0.3, 0.4) is 0 Å². The van der Waals surface area contributed by atoms with Gasteiger partial charge in [0, 0.05) is 31.5 Å². The molecule has 0 unspecified atom stereocenters. The maximum Gasteiger partial charge on any atom is 0.332 e. The average molecular weight is 447 g/mol. The topological polar surface area (TPSA) is 117 Å². The van der Waals surface area contributed by atoms with Crippen molar-refractivity contribution >= 4 is 44.4 Å². The van der Waals surface area contributed by atoms with Gasteiger partial charge in [0.2, 0.25) is 5.91 Å². The molecule has 0 saturated heterocycles. The lowest BCUT2D eigenvalue weighted by Gasteiger charge is -2.08. The largest absolute Gasteiger partial charge is 0.332 e. The number of carbonyl (C=O) groups excluding carboxylic acids is 1. The van der Waals surface area contributed by atoms with E-state index in [0.717, 1.165) is 25.5 Å². The fourth-order valence-electron chi connectivity index (χ4n) is 3.46. The highest BCUT2D eigenvalue weighted by Gasteiger charge is 2.16. The number of aromatic nitrogens is 6. The van der Waals surface area contributed by atoms with Crippen molar-refractivity contribution in [3.05, 3.63) is 69.8 Å². The third-order valence-corrected chi connectivity index (χ3v) is 6.14. The first-order valence-electron chi connectivity index (χ1n) is 9.65. The van der Waals surface area contributed by atoms with E-state index in [-0.39, 0.29) is 23.6 Å². The van der Waals surface area contributed by atoms with Gasteiger partial charge < -0.3 is 9.88 Å². The van der Waals surface area contributed by atoms with Gasteiger partial charge >= 0.3 is 5.69 Å². The van der Waals surface area contributed by atoms with Crippen LogP contribution in [0.5, 0.6) is 0 Å². The minimum atomic E-state index is -0.497. The number of hydrogen-bond donors (Lipinski definition) is 1. The minimum Gasteiger partial charge on any atom is -0.325 e. The number of aryl methyl sites for hydroxylation is 1. The molecule has 5 rings (SSSR count). The maximum atomic E-state index is 12.6. The minimum absolute atomic E-state index is 0.116. The number of amides is 1. The standard InChI is InChI=1S/C21H17N7O3S/c1-26-17-16(20(30)27(2)21(26)31)28(11-23-17)10-15(29)24-13-7-5-12(6-8-13)18-25-14-4-3-9-22-19(14)32-18/h3-9,11H,10H2,1-2H3,(H,24,29). The predicted molar refractivity (Wildman–Crippen MR) is 122 cm³/mol. The molecule has 0 aliphatic rings. The van der Waals surface area contributed by atoms with Crippen LogP contribution in [0.4, 0.5) is 5.69 Å². The summed E-state index contributed by atoms with van der Waals surface area (Å²) in [6.45, 7) is -0.116. The molecule has 0 aliphatic carbocycles. The summed E-state index contributed by atoms with van der Waals surface area (Å²) in [7, 11) is 2.93. The Bertz CT molecular complexity index is 1580. The van der Waals surface area contributed by atoms with E-state index in [0.29, 0.717) is 5.69 Å². The Morgan fingerprint density at radius 2 is 1.84 bits per heavy atom. The van der Waals surface area contributed by atoms with E-state index in [1.54, 1.807) is 18.3 Å². The molecule has 0 saturated carbocycles. The van der Waals surface area contributed by atoms with Crippen LogP contribution in [0.25, 0.3) is 32.1 Å². The Morgan fingerprint density at radius 1 is 1.06 bits per heavy atom. The van der Waals surface area contributed by atoms with E-state index in [1.165, 1.54) is 40.9 Å². The Balaban J connectivity index is 1.36. The summed E-state index contributed by atoms with van der Waals surface area (Å²) in [4.78, 5) is 51.0. The summed E-state index contributed by atoms with van der Waals surface area (Å²) >= 11 is 1.50. The van der Waals surface area contributed by atoms with Crippen molar-refractivity contribution in [1.82, 2.24) is 28.7 Å². The molecule has 0 atom stereocenters. The van der Waals surface area contributed by atoms with Crippen LogP contribution in [0.2, 0.25) is 0 Å². The first-order chi connectivity index (χ1) is 15.4. The summed E-state index contributed by atoms with van der Waals surface area (Å²) in [5, 5.41) is 3.67. The zero-order valence-corrected chi connectivity index (χ0v) is 18.0. The SMILES string of the molecule is Cn1c(=O)c2c(ncn2CC(=O)Nc2ccc(-c3nc4cccnc4s3)cc2)n(C)c1=O. The van der Waals surface area contributed by atoms with Crippen LogP contribution in [-0.4, -0.2) is 34.6 Å². The third-order valence-electron chi connectivity index (χ3n) is 5.11. The number of carbonyl (C=O) groups is 1. The molecule has 0 fully saturated rings. The molecule has 0 radical (unpaired) electrons. The van der Waals surface area contributed by atoms with Crippen molar-refractivity contribution in [1.29, 1.82) is 0 Å². The number of nitrogens with one attached hydrogen (secondary N) is 1. The molecule has 4 heterocycles. The van der Waals surface area contributed by atoms with Gasteiger partial charge in [-0.05, 0) is 36.4 Å². The Kier molecular flexibility index (Phi) is 4.67. The van der Waals surface area contributed by atoms with Gasteiger partial charge in [-0.1, -0.05) is 11.3 Å². The molecule has 0 spiro atoms. The molecule has 32 heavy (non-hydrogen) atoms. The maximum absolute atomic E-state index is 12.6. The summed E-state index contributed by atoms with van der Waals surface area (Å²) in [6, 6.07) is 11.1. The number of rotatable bonds is 4. The number of anilines is 1. The van der Waals surface area contributed by atoms with Crippen LogP contribution in [0, 0.1) is 0 Å². The van der Waals surface area contributed by atoms with Crippen molar-refractivity contribution in [2.75, 3.05) is 5.32 Å². The summed E-state index contributed by atoms with van der Waals surface area (Å²) in [6.07, 6.45) is 3.12. The van der Waals surface area contributed by atoms with E-state index in [9.17, 15) is 14.4 Å². The zero-order chi connectivity index (χ0) is 22.4. The van der Waals surface area contributed by atoms with Crippen molar-refractivity contribution in [3.63, 3.8) is 0 Å². The Hall–Kier alpha value is -4.12. The summed E-state index contributed by atoms with van der Waals surface area (Å²) < 4.78 is 3.71. The fraction of sp³-hybridized carbons (Fsp3) is 0.143. The predicted octanol–water partition coefficient (Wildman–Crippen LogP) is 1.74. The first-order valence-corrected chi connectivity index (χ1v) is 10.5. The molecule has 4 aromatic heterocycles. The highest BCUT2D eigenvalue weighted by Crippen LogP contribution is 2.29. The third kappa shape index (κ3) is 3.28. The monoisotopic (exact) mass is 447 g/mol. The van der Waals surface area contributed by atoms with Crippen LogP contribution in [0.1, 0.15) is 0 Å². The van der Waals surface area contributed by atoms with Gasteiger partial charge in [-0.15, -0.1) is 0 Å². The van der Waals surface area contributed by atoms with Crippen molar-refractivity contribution in [3.8, 4) is 10.6 Å². The van der Waals surface area contributed by atoms with Gasteiger partial charge in [-0.3, -0.25) is 18.7 Å². The quantitative estimate of drug-likeness (QED) is 0.449. The number of hydrogen-bond acceptors (Lipinski definition) is 7. The van der Waals surface area contributed by atoms with E-state index in [4.69, 9.17) is 0 Å². The molecule has 1 N–H and O–H groups in total. The molecular formula is C21H17N7O3S. The van der Waals surface area contributed by atoms with E-state index in [2.05, 4.69) is 20.3 Å². The normalized spacial score (nSPS) is 11.3. The molecule has 5 aromatic rings. The summed E-state index contributed by atoms with van der Waals surface area (Å²) in [5.74, 6) is -0.322. The second kappa shape index (κ2) is 7.54. The lowest BCUT2D eigenvalue weighted by Crippen LogP contribution is -2.37. The number of fused-ring (bicyclic) bond motifs is 2. The Morgan fingerprint density at radius 3 is 2.59 bits per heavy atom. The second-order valence-electron chi connectivity index (χ2n) is 7.22. The van der Waals surface area contributed by atoms with Crippen molar-refractivity contribution in [2.24, 2.45) is 14.1 Å². The first kappa shape index (κ1) is 19.8. The van der Waals surface area contributed by atoms with Crippen molar-refractivity contribution in [2.45, 2.75) is 6.54 Å². The number of nitrogens with zero attached hydrogens (tertiary/aromatic N) is 6. The number of imidazole rings is 1. The molecule has 0 aliphatic heterocycles. The van der Waals surface area contributed by atoms with Gasteiger partial charge in [0.25, 0.3) is 5.56 Å². The molecule has 0 bridgehead atoms. The van der Waals surface area contributed by atoms with Crippen LogP contribution in [0.15, 0.2) is 58.5 Å². The van der Waals surface area contributed by atoms with Gasteiger partial charge in [0.15, 0.2) is 11.2 Å². The molecule has 1 aromatic carbocycles. The molecule has 11 heteroatoms. The van der Waals surface area contributed by atoms with E-state index < -0.39 is 11.2 Å². The molecule has 10 nitrogen and oxygen atoms in total. The summed E-state index contributed by atoms with van der Waals surface area (Å²) in [5.41, 5.74) is 1.86. The molecule has 160 valence electrons. The lowest BCUT2D eigenvalue weighted by molar-refractivity contribution is -0.116. The van der Waals surface area contributed by atoms with E-state index in [1.807, 2.05) is 24.3 Å². The zero-order valence-electron chi connectivity index (χ0n) is 17.1. The number of benzene rings is 1. The lowest BCUT2D eigenvalue weighted by atomic mass is 10.2. The highest BCUT2D eigenvalue weighted by atomic mass is 32.1. The Labute approximate surface area is 184 Å². The van der Waals surface area contributed by atoms with Crippen LogP contribution >= 0.6 is 11.3 Å². The van der Waals surface area contributed by atoms with Gasteiger partial charge in [0.1, 0.15) is 21.9 Å². The molecular weight excluding hydrogens is 430 g/mol. The number of thiazole rings is 1. The van der Waals surface area contributed by atoms with Crippen LogP contribution in [-0.2, 0) is 25.4 Å².